The molecule has 2 aromatic rings. The van der Waals surface area contributed by atoms with E-state index in [0.29, 0.717) is 25.9 Å². The van der Waals surface area contributed by atoms with Crippen molar-refractivity contribution in [3.8, 4) is 0 Å². The van der Waals surface area contributed by atoms with Gasteiger partial charge in [-0.25, -0.2) is 8.42 Å². The first-order chi connectivity index (χ1) is 11.5. The Bertz CT molecular complexity index is 822. The second-order valence-corrected chi connectivity index (χ2v) is 9.53. The van der Waals surface area contributed by atoms with Crippen molar-refractivity contribution in [3.05, 3.63) is 51.8 Å². The van der Waals surface area contributed by atoms with Crippen molar-refractivity contribution in [1.29, 1.82) is 0 Å². The molecule has 0 aliphatic carbocycles. The van der Waals surface area contributed by atoms with Crippen LogP contribution in [-0.4, -0.2) is 31.2 Å². The summed E-state index contributed by atoms with van der Waals surface area (Å²) in [6.07, 6.45) is 1.24. The van der Waals surface area contributed by atoms with Crippen LogP contribution in [0.4, 0.5) is 0 Å². The molecule has 1 aromatic carbocycles. The van der Waals surface area contributed by atoms with Crippen molar-refractivity contribution in [1.82, 2.24) is 9.62 Å². The molecular weight excluding hydrogens is 412 g/mol. The Morgan fingerprint density at radius 3 is 2.88 bits per heavy atom. The molecule has 1 amide bonds. The molecule has 1 N–H and O–H groups in total. The van der Waals surface area contributed by atoms with Gasteiger partial charge in [0.2, 0.25) is 5.91 Å². The van der Waals surface area contributed by atoms with Gasteiger partial charge in [-0.1, -0.05) is 34.1 Å². The maximum Gasteiger partial charge on any atom is 0.253 e. The molecule has 1 aliphatic heterocycles. The molecule has 1 saturated heterocycles. The van der Waals surface area contributed by atoms with E-state index in [1.54, 1.807) is 17.5 Å². The molecule has 128 valence electrons. The van der Waals surface area contributed by atoms with E-state index in [2.05, 4.69) is 21.2 Å². The highest BCUT2D eigenvalue weighted by Gasteiger charge is 2.39. The highest BCUT2D eigenvalue weighted by molar-refractivity contribution is 9.10. The van der Waals surface area contributed by atoms with Crippen molar-refractivity contribution in [3.63, 3.8) is 0 Å². The van der Waals surface area contributed by atoms with Crippen molar-refractivity contribution in [2.45, 2.75) is 29.6 Å². The van der Waals surface area contributed by atoms with Crippen molar-refractivity contribution in [2.24, 2.45) is 0 Å². The molecule has 24 heavy (non-hydrogen) atoms. The van der Waals surface area contributed by atoms with Gasteiger partial charge >= 0.3 is 0 Å². The van der Waals surface area contributed by atoms with Gasteiger partial charge in [0.05, 0.1) is 0 Å². The summed E-state index contributed by atoms with van der Waals surface area (Å²) in [5.41, 5.74) is 0.961. The van der Waals surface area contributed by atoms with Crippen LogP contribution in [0.2, 0.25) is 0 Å². The van der Waals surface area contributed by atoms with Crippen molar-refractivity contribution in [2.75, 3.05) is 6.54 Å². The lowest BCUT2D eigenvalue weighted by atomic mass is 10.2. The van der Waals surface area contributed by atoms with Crippen molar-refractivity contribution >= 4 is 43.2 Å². The van der Waals surface area contributed by atoms with E-state index < -0.39 is 16.1 Å². The molecule has 0 bridgehead atoms. The minimum Gasteiger partial charge on any atom is -0.351 e. The third kappa shape index (κ3) is 3.72. The van der Waals surface area contributed by atoms with Crippen LogP contribution in [0.1, 0.15) is 18.4 Å². The number of carbonyl (C=O) groups excluding carboxylic acids is 1. The number of carbonyl (C=O) groups is 1. The van der Waals surface area contributed by atoms with Gasteiger partial charge in [0.15, 0.2) is 0 Å². The second kappa shape index (κ2) is 7.35. The summed E-state index contributed by atoms with van der Waals surface area (Å²) in [5, 5.41) is 4.58. The molecule has 1 fully saturated rings. The monoisotopic (exact) mass is 428 g/mol. The van der Waals surface area contributed by atoms with Gasteiger partial charge in [0.25, 0.3) is 10.0 Å². The molecule has 2 heterocycles. The summed E-state index contributed by atoms with van der Waals surface area (Å²) < 4.78 is 27.9. The van der Waals surface area contributed by atoms with Gasteiger partial charge in [-0.15, -0.1) is 11.3 Å². The Morgan fingerprint density at radius 2 is 2.17 bits per heavy atom. The molecular formula is C16H17BrN2O3S2. The van der Waals surface area contributed by atoms with Crippen LogP contribution in [0.3, 0.4) is 0 Å². The van der Waals surface area contributed by atoms with Crippen LogP contribution in [0.15, 0.2) is 50.5 Å². The van der Waals surface area contributed by atoms with Crippen LogP contribution in [-0.2, 0) is 21.4 Å². The third-order valence-electron chi connectivity index (χ3n) is 3.92. The summed E-state index contributed by atoms with van der Waals surface area (Å²) in [6.45, 7) is 0.761. The first-order valence-electron chi connectivity index (χ1n) is 7.56. The zero-order valence-electron chi connectivity index (χ0n) is 12.8. The Morgan fingerprint density at radius 1 is 1.33 bits per heavy atom. The Kier molecular flexibility index (Phi) is 5.39. The molecule has 8 heteroatoms. The lowest BCUT2D eigenvalue weighted by molar-refractivity contribution is -0.124. The summed E-state index contributed by atoms with van der Waals surface area (Å²) in [4.78, 5) is 12.5. The minimum atomic E-state index is -3.60. The van der Waals surface area contributed by atoms with E-state index in [4.69, 9.17) is 0 Å². The Hall–Kier alpha value is -1.22. The predicted octanol–water partition coefficient (Wildman–Crippen LogP) is 2.98. The smallest absolute Gasteiger partial charge is 0.253 e. The number of hydrogen-bond donors (Lipinski definition) is 1. The molecule has 5 nitrogen and oxygen atoms in total. The van der Waals surface area contributed by atoms with Crippen LogP contribution in [0.25, 0.3) is 0 Å². The first kappa shape index (κ1) is 17.6. The minimum absolute atomic E-state index is 0.243. The maximum atomic E-state index is 12.7. The number of nitrogens with zero attached hydrogens (tertiary/aromatic N) is 1. The van der Waals surface area contributed by atoms with E-state index in [9.17, 15) is 13.2 Å². The number of rotatable bonds is 5. The summed E-state index contributed by atoms with van der Waals surface area (Å²) >= 11 is 4.57. The predicted molar refractivity (Wildman–Crippen MR) is 97.2 cm³/mol. The average Bonchev–Trinajstić information content (AvgIpc) is 3.24. The second-order valence-electron chi connectivity index (χ2n) is 5.55. The fourth-order valence-corrected chi connectivity index (χ4v) is 5.99. The van der Waals surface area contributed by atoms with Gasteiger partial charge in [0, 0.05) is 17.6 Å². The highest BCUT2D eigenvalue weighted by Crippen LogP contribution is 2.28. The summed E-state index contributed by atoms with van der Waals surface area (Å²) in [5.74, 6) is -0.243. The topological polar surface area (TPSA) is 66.5 Å². The first-order valence-corrected chi connectivity index (χ1v) is 10.7. The fraction of sp³-hybridized carbons (Fsp3) is 0.312. The highest BCUT2D eigenvalue weighted by atomic mass is 79.9. The standard InChI is InChI=1S/C16H17BrN2O3S2/c17-13-5-1-4-12(10-13)11-18-16(20)14-6-2-8-19(14)24(21,22)15-7-3-9-23-15/h1,3-5,7,9-10,14H,2,6,8,11H2,(H,18,20)/t14-/m1/s1. The fourth-order valence-electron chi connectivity index (χ4n) is 2.77. The molecule has 3 rings (SSSR count). The molecule has 1 atom stereocenters. The largest absolute Gasteiger partial charge is 0.351 e. The van der Waals surface area contributed by atoms with Gasteiger partial charge in [0.1, 0.15) is 10.3 Å². The molecule has 1 aromatic heterocycles. The van der Waals surface area contributed by atoms with Gasteiger partial charge in [-0.3, -0.25) is 4.79 Å². The van der Waals surface area contributed by atoms with E-state index in [1.165, 1.54) is 15.6 Å². The van der Waals surface area contributed by atoms with E-state index in [0.717, 1.165) is 10.0 Å². The maximum absolute atomic E-state index is 12.7. The van der Waals surface area contributed by atoms with Gasteiger partial charge < -0.3 is 5.32 Å². The number of sulfonamides is 1. The number of thiophene rings is 1. The van der Waals surface area contributed by atoms with Gasteiger partial charge in [-0.05, 0) is 42.0 Å². The zero-order chi connectivity index (χ0) is 17.2. The van der Waals surface area contributed by atoms with E-state index >= 15 is 0 Å². The van der Waals surface area contributed by atoms with E-state index in [1.807, 2.05) is 24.3 Å². The van der Waals surface area contributed by atoms with Crippen molar-refractivity contribution < 1.29 is 13.2 Å². The molecule has 1 aliphatic rings. The quantitative estimate of drug-likeness (QED) is 0.795. The molecule has 0 unspecified atom stereocenters. The molecule has 0 spiro atoms. The van der Waals surface area contributed by atoms with Crippen LogP contribution in [0, 0.1) is 0 Å². The van der Waals surface area contributed by atoms with Crippen LogP contribution >= 0.6 is 27.3 Å². The summed E-state index contributed by atoms with van der Waals surface area (Å²) in [7, 11) is -3.60. The van der Waals surface area contributed by atoms with Gasteiger partial charge in [-0.2, -0.15) is 4.31 Å². The third-order valence-corrected chi connectivity index (χ3v) is 7.69. The molecule has 0 radical (unpaired) electrons. The number of hydrogen-bond acceptors (Lipinski definition) is 4. The number of nitrogens with one attached hydrogen (secondary N) is 1. The normalized spacial score (nSPS) is 18.6. The number of halogens is 1. The average molecular weight is 429 g/mol. The SMILES string of the molecule is O=C(NCc1cccc(Br)c1)[C@H]1CCCN1S(=O)(=O)c1cccs1. The van der Waals surface area contributed by atoms with Crippen LogP contribution < -0.4 is 5.32 Å². The van der Waals surface area contributed by atoms with Crippen LogP contribution in [0.5, 0.6) is 0 Å². The molecule has 0 saturated carbocycles. The lowest BCUT2D eigenvalue weighted by Gasteiger charge is -2.22. The Labute approximate surface area is 153 Å². The van der Waals surface area contributed by atoms with E-state index in [-0.39, 0.29) is 10.1 Å². The number of amides is 1. The number of benzene rings is 1. The lowest BCUT2D eigenvalue weighted by Crippen LogP contribution is -2.45. The zero-order valence-corrected chi connectivity index (χ0v) is 16.0. The Balaban J connectivity index is 1.70. The summed E-state index contributed by atoms with van der Waals surface area (Å²) in [6, 6.07) is 10.3.